The fraction of sp³-hybridized carbons (Fsp3) is 0.389. The zero-order chi connectivity index (χ0) is 20.0. The molecule has 1 aromatic heterocycles. The average Bonchev–Trinajstić information content (AvgIpc) is 3.04. The quantitative estimate of drug-likeness (QED) is 0.527. The zero-order valence-corrected chi connectivity index (χ0v) is 16.4. The molecule has 0 aliphatic rings. The van der Waals surface area contributed by atoms with Crippen molar-refractivity contribution >= 4 is 29.1 Å². The van der Waals surface area contributed by atoms with E-state index in [1.165, 1.54) is 11.6 Å². The molecule has 0 N–H and O–H groups in total. The summed E-state index contributed by atoms with van der Waals surface area (Å²) in [7, 11) is 0. The lowest BCUT2D eigenvalue weighted by Crippen LogP contribution is -2.31. The third kappa shape index (κ3) is 5.10. The first-order chi connectivity index (χ1) is 12.9. The second-order valence-corrected chi connectivity index (χ2v) is 6.51. The van der Waals surface area contributed by atoms with Crippen LogP contribution in [-0.2, 0) is 19.1 Å². The van der Waals surface area contributed by atoms with E-state index in [2.05, 4.69) is 10.1 Å². The Labute approximate surface area is 160 Å². The Kier molecular flexibility index (Phi) is 7.00. The van der Waals surface area contributed by atoms with E-state index in [1.807, 2.05) is 19.1 Å². The number of esters is 2. The van der Waals surface area contributed by atoms with E-state index >= 15 is 0 Å². The molecule has 144 valence electrons. The first-order valence-corrected chi connectivity index (χ1v) is 9.24. The van der Waals surface area contributed by atoms with Crippen molar-refractivity contribution in [2.24, 2.45) is 4.99 Å². The number of aryl methyl sites for hydroxylation is 1. The molecule has 0 saturated carbocycles. The summed E-state index contributed by atoms with van der Waals surface area (Å²) in [5.74, 6) is -1.80. The van der Waals surface area contributed by atoms with Gasteiger partial charge in [-0.2, -0.15) is 0 Å². The highest BCUT2D eigenvalue weighted by Crippen LogP contribution is 2.11. The minimum Gasteiger partial charge on any atom is -0.464 e. The van der Waals surface area contributed by atoms with Crippen molar-refractivity contribution in [3.8, 4) is 5.69 Å². The maximum atomic E-state index is 12.1. The van der Waals surface area contributed by atoms with Gasteiger partial charge in [0.1, 0.15) is 0 Å². The van der Waals surface area contributed by atoms with Crippen LogP contribution in [0, 0.1) is 6.92 Å². The van der Waals surface area contributed by atoms with Crippen molar-refractivity contribution in [2.45, 2.75) is 33.7 Å². The lowest BCUT2D eigenvalue weighted by atomic mass is 10.2. The maximum absolute atomic E-state index is 12.1. The molecule has 27 heavy (non-hydrogen) atoms. The number of rotatable bonds is 7. The number of carbonyl (C=O) groups excluding carboxylic acids is 3. The van der Waals surface area contributed by atoms with Gasteiger partial charge in [-0.1, -0.05) is 29.0 Å². The molecule has 1 unspecified atom stereocenters. The second kappa shape index (κ2) is 9.22. The molecule has 0 fully saturated rings. The number of ketones is 1. The highest BCUT2D eigenvalue weighted by molar-refractivity contribution is 7.10. The Balaban J connectivity index is 2.60. The minimum atomic E-state index is -1.32. The van der Waals surface area contributed by atoms with Crippen LogP contribution in [-0.4, -0.2) is 46.8 Å². The van der Waals surface area contributed by atoms with Crippen molar-refractivity contribution in [1.82, 2.24) is 9.78 Å². The van der Waals surface area contributed by atoms with Gasteiger partial charge in [0.2, 0.25) is 15.9 Å². The predicted octanol–water partition coefficient (Wildman–Crippen LogP) is 1.84. The van der Waals surface area contributed by atoms with Crippen LogP contribution in [0.15, 0.2) is 29.3 Å². The van der Waals surface area contributed by atoms with E-state index in [9.17, 15) is 14.4 Å². The van der Waals surface area contributed by atoms with Gasteiger partial charge < -0.3 is 9.47 Å². The zero-order valence-electron chi connectivity index (χ0n) is 15.6. The molecule has 8 nitrogen and oxygen atoms in total. The number of nitrogens with zero attached hydrogens (tertiary/aromatic N) is 3. The third-order valence-corrected chi connectivity index (χ3v) is 4.33. The predicted molar refractivity (Wildman–Crippen MR) is 98.8 cm³/mol. The first kappa shape index (κ1) is 20.5. The van der Waals surface area contributed by atoms with Crippen molar-refractivity contribution in [3.63, 3.8) is 0 Å². The van der Waals surface area contributed by atoms with E-state index in [0.29, 0.717) is 5.69 Å². The molecule has 9 heteroatoms. The normalized spacial score (nSPS) is 12.5. The Morgan fingerprint density at radius 3 is 2.33 bits per heavy atom. The number of aromatic nitrogens is 2. The summed E-state index contributed by atoms with van der Waals surface area (Å²) >= 11 is 0.938. The fourth-order valence-electron chi connectivity index (χ4n) is 2.14. The van der Waals surface area contributed by atoms with Gasteiger partial charge in [0, 0.05) is 0 Å². The summed E-state index contributed by atoms with van der Waals surface area (Å²) in [6, 6.07) is 6.04. The largest absolute Gasteiger partial charge is 0.464 e. The van der Waals surface area contributed by atoms with E-state index in [0.717, 1.165) is 16.9 Å². The molecule has 1 heterocycles. The van der Waals surface area contributed by atoms with Gasteiger partial charge in [-0.25, -0.2) is 19.3 Å². The van der Waals surface area contributed by atoms with Crippen LogP contribution < -0.4 is 4.80 Å². The minimum absolute atomic E-state index is 0.0716. The molecular formula is C18H21N3O5S. The maximum Gasteiger partial charge on any atom is 0.369 e. The molecule has 1 atom stereocenters. The summed E-state index contributed by atoms with van der Waals surface area (Å²) < 4.78 is 11.3. The van der Waals surface area contributed by atoms with Crippen LogP contribution in [0.2, 0.25) is 0 Å². The standard InChI is InChI=1S/C18H21N3O5S/c1-5-25-16(23)14(12(4)22)19-18-21(13-9-7-11(3)8-10-13)20-15(27-18)17(24)26-6-2/h7-10,14H,5-6H2,1-4H3. The van der Waals surface area contributed by atoms with Crippen molar-refractivity contribution in [3.05, 3.63) is 39.6 Å². The number of ether oxygens (including phenoxy) is 2. The SMILES string of the molecule is CCOC(=O)c1nn(-c2ccc(C)cc2)c(=NC(C(C)=O)C(=O)OCC)s1. The highest BCUT2D eigenvalue weighted by Gasteiger charge is 2.25. The summed E-state index contributed by atoms with van der Waals surface area (Å²) in [5.41, 5.74) is 1.68. The van der Waals surface area contributed by atoms with Crippen LogP contribution in [0.3, 0.4) is 0 Å². The number of benzene rings is 1. The molecule has 2 aromatic rings. The molecular weight excluding hydrogens is 370 g/mol. The summed E-state index contributed by atoms with van der Waals surface area (Å²) in [5, 5.41) is 4.32. The average molecular weight is 391 g/mol. The molecule has 0 bridgehead atoms. The Bertz CT molecular complexity index is 898. The Morgan fingerprint density at radius 1 is 1.15 bits per heavy atom. The fourth-order valence-corrected chi connectivity index (χ4v) is 2.96. The van der Waals surface area contributed by atoms with E-state index in [1.54, 1.807) is 26.0 Å². The molecule has 1 aromatic carbocycles. The number of carbonyl (C=O) groups is 3. The van der Waals surface area contributed by atoms with Gasteiger partial charge in [0.15, 0.2) is 5.78 Å². The third-order valence-electron chi connectivity index (χ3n) is 3.42. The van der Waals surface area contributed by atoms with Gasteiger partial charge in [-0.15, -0.1) is 5.10 Å². The lowest BCUT2D eigenvalue weighted by molar-refractivity contribution is -0.147. The topological polar surface area (TPSA) is 99.9 Å². The van der Waals surface area contributed by atoms with Gasteiger partial charge in [0.25, 0.3) is 0 Å². The summed E-state index contributed by atoms with van der Waals surface area (Å²) in [6.45, 7) is 6.87. The molecule has 0 saturated heterocycles. The van der Waals surface area contributed by atoms with E-state index in [4.69, 9.17) is 9.47 Å². The monoisotopic (exact) mass is 391 g/mol. The van der Waals surface area contributed by atoms with Gasteiger partial charge in [-0.3, -0.25) is 4.79 Å². The Hall–Kier alpha value is -2.81. The van der Waals surface area contributed by atoms with E-state index < -0.39 is 23.8 Å². The number of Topliss-reactive ketones (excluding diaryl/α,β-unsaturated/α-hetero) is 1. The lowest BCUT2D eigenvalue weighted by Gasteiger charge is -2.07. The van der Waals surface area contributed by atoms with Crippen molar-refractivity contribution in [2.75, 3.05) is 13.2 Å². The van der Waals surface area contributed by atoms with Crippen molar-refractivity contribution in [1.29, 1.82) is 0 Å². The summed E-state index contributed by atoms with van der Waals surface area (Å²) in [6.07, 6.45) is 0. The highest BCUT2D eigenvalue weighted by atomic mass is 32.1. The van der Waals surface area contributed by atoms with Crippen LogP contribution in [0.4, 0.5) is 0 Å². The van der Waals surface area contributed by atoms with Gasteiger partial charge in [-0.05, 0) is 39.8 Å². The molecule has 2 rings (SSSR count). The number of hydrogen-bond acceptors (Lipinski definition) is 8. The second-order valence-electron chi connectivity index (χ2n) is 5.55. The molecule has 0 radical (unpaired) electrons. The smallest absolute Gasteiger partial charge is 0.369 e. The van der Waals surface area contributed by atoms with E-state index in [-0.39, 0.29) is 23.0 Å². The van der Waals surface area contributed by atoms with Gasteiger partial charge >= 0.3 is 11.9 Å². The summed E-state index contributed by atoms with van der Waals surface area (Å²) in [4.78, 5) is 40.5. The van der Waals surface area contributed by atoms with Crippen LogP contribution in [0.25, 0.3) is 5.69 Å². The van der Waals surface area contributed by atoms with Crippen LogP contribution in [0.1, 0.15) is 36.1 Å². The van der Waals surface area contributed by atoms with Gasteiger partial charge in [0.05, 0.1) is 18.9 Å². The van der Waals surface area contributed by atoms with Crippen molar-refractivity contribution < 1.29 is 23.9 Å². The molecule has 0 amide bonds. The molecule has 0 aliphatic carbocycles. The Morgan fingerprint density at radius 2 is 1.78 bits per heavy atom. The first-order valence-electron chi connectivity index (χ1n) is 8.42. The number of hydrogen-bond donors (Lipinski definition) is 0. The van der Waals surface area contributed by atoms with Crippen LogP contribution in [0.5, 0.6) is 0 Å². The van der Waals surface area contributed by atoms with Crippen LogP contribution >= 0.6 is 11.3 Å². The molecule has 0 aliphatic heterocycles. The molecule has 0 spiro atoms.